The molecule has 1 fully saturated rings. The molecule has 2 atom stereocenters. The molecule has 0 bridgehead atoms. The van der Waals surface area contributed by atoms with Gasteiger partial charge in [0.2, 0.25) is 5.91 Å². The van der Waals surface area contributed by atoms with E-state index in [1.165, 1.54) is 0 Å². The molecule has 0 aliphatic carbocycles. The number of hydrogen-bond donors (Lipinski definition) is 1. The average Bonchev–Trinajstić information content (AvgIpc) is 3.33. The van der Waals surface area contributed by atoms with Crippen molar-refractivity contribution in [3.63, 3.8) is 0 Å². The van der Waals surface area contributed by atoms with Gasteiger partial charge in [-0.15, -0.1) is 0 Å². The Labute approximate surface area is 158 Å². The maximum absolute atomic E-state index is 11.5. The second-order valence-corrected chi connectivity index (χ2v) is 8.19. The second-order valence-electron chi connectivity index (χ2n) is 8.19. The summed E-state index contributed by atoms with van der Waals surface area (Å²) in [5, 5.41) is 11.7. The van der Waals surface area contributed by atoms with E-state index in [9.17, 15) is 4.79 Å². The fraction of sp³-hybridized carbons (Fsp3) is 0.450. The van der Waals surface area contributed by atoms with E-state index in [4.69, 9.17) is 4.74 Å². The van der Waals surface area contributed by atoms with E-state index in [2.05, 4.69) is 36.3 Å². The standard InChI is InChI=1S/C20H25N5O2/c1-13(14-8-19(26)21-9-14)27-18-7-15(11-24-17(18)5-6-22-24)16-10-23-25(12-16)20(2,3)4/h5-7,10-14H,8-9H2,1-4H3,(H,21,26). The largest absolute Gasteiger partial charge is 0.488 e. The molecule has 1 aliphatic heterocycles. The van der Waals surface area contributed by atoms with Crippen LogP contribution in [0.25, 0.3) is 16.6 Å². The van der Waals surface area contributed by atoms with Crippen LogP contribution in [0.3, 0.4) is 0 Å². The molecular weight excluding hydrogens is 342 g/mol. The highest BCUT2D eigenvalue weighted by molar-refractivity contribution is 5.78. The van der Waals surface area contributed by atoms with Gasteiger partial charge < -0.3 is 10.1 Å². The van der Waals surface area contributed by atoms with Crippen LogP contribution in [0.15, 0.2) is 36.9 Å². The van der Waals surface area contributed by atoms with Crippen molar-refractivity contribution in [2.24, 2.45) is 5.92 Å². The highest BCUT2D eigenvalue weighted by atomic mass is 16.5. The Morgan fingerprint density at radius 1 is 1.26 bits per heavy atom. The summed E-state index contributed by atoms with van der Waals surface area (Å²) >= 11 is 0. The van der Waals surface area contributed by atoms with Crippen molar-refractivity contribution in [3.8, 4) is 16.9 Å². The Kier molecular flexibility index (Phi) is 4.17. The van der Waals surface area contributed by atoms with E-state index in [0.29, 0.717) is 13.0 Å². The van der Waals surface area contributed by atoms with Crippen molar-refractivity contribution in [1.82, 2.24) is 24.7 Å². The molecule has 142 valence electrons. The van der Waals surface area contributed by atoms with Crippen LogP contribution in [0, 0.1) is 5.92 Å². The molecule has 1 aliphatic rings. The number of nitrogens with zero attached hydrogens (tertiary/aromatic N) is 4. The van der Waals surface area contributed by atoms with Gasteiger partial charge in [0.05, 0.1) is 17.9 Å². The maximum atomic E-state index is 11.5. The number of aromatic nitrogens is 4. The molecule has 7 nitrogen and oxygen atoms in total. The van der Waals surface area contributed by atoms with E-state index < -0.39 is 0 Å². The first kappa shape index (κ1) is 17.6. The SMILES string of the molecule is CC(Oc1cc(-c2cnn(C(C)(C)C)c2)cn2nccc12)C1CNC(=O)C1. The predicted molar refractivity (Wildman–Crippen MR) is 103 cm³/mol. The molecule has 1 N–H and O–H groups in total. The van der Waals surface area contributed by atoms with Gasteiger partial charge in [0.25, 0.3) is 0 Å². The minimum atomic E-state index is -0.0795. The average molecular weight is 367 g/mol. The number of rotatable bonds is 4. The molecule has 27 heavy (non-hydrogen) atoms. The van der Waals surface area contributed by atoms with Crippen LogP contribution in [-0.4, -0.2) is 38.0 Å². The molecule has 7 heteroatoms. The van der Waals surface area contributed by atoms with Crippen molar-refractivity contribution in [2.75, 3.05) is 6.54 Å². The first-order chi connectivity index (χ1) is 12.8. The van der Waals surface area contributed by atoms with Crippen molar-refractivity contribution >= 4 is 11.4 Å². The number of amides is 1. The lowest BCUT2D eigenvalue weighted by atomic mass is 10.0. The van der Waals surface area contributed by atoms with Crippen LogP contribution >= 0.6 is 0 Å². The Morgan fingerprint density at radius 2 is 2.07 bits per heavy atom. The molecule has 0 saturated carbocycles. The lowest BCUT2D eigenvalue weighted by molar-refractivity contribution is -0.119. The number of pyridine rings is 1. The number of ether oxygens (including phenoxy) is 1. The predicted octanol–water partition coefficient (Wildman–Crippen LogP) is 2.86. The number of carbonyl (C=O) groups excluding carboxylic acids is 1. The van der Waals surface area contributed by atoms with E-state index in [1.807, 2.05) is 46.8 Å². The number of nitrogens with one attached hydrogen (secondary N) is 1. The molecule has 3 aromatic heterocycles. The van der Waals surface area contributed by atoms with Gasteiger partial charge in [-0.2, -0.15) is 10.2 Å². The normalized spacial score (nSPS) is 18.7. The van der Waals surface area contributed by atoms with E-state index in [0.717, 1.165) is 22.4 Å². The van der Waals surface area contributed by atoms with Gasteiger partial charge in [-0.05, 0) is 39.8 Å². The first-order valence-electron chi connectivity index (χ1n) is 9.27. The zero-order valence-corrected chi connectivity index (χ0v) is 16.1. The van der Waals surface area contributed by atoms with Crippen LogP contribution in [0.1, 0.15) is 34.1 Å². The lowest BCUT2D eigenvalue weighted by Crippen LogP contribution is -2.25. The van der Waals surface area contributed by atoms with E-state index >= 15 is 0 Å². The first-order valence-corrected chi connectivity index (χ1v) is 9.27. The van der Waals surface area contributed by atoms with Gasteiger partial charge in [-0.3, -0.25) is 9.48 Å². The third kappa shape index (κ3) is 3.41. The fourth-order valence-electron chi connectivity index (χ4n) is 3.34. The molecular formula is C20H25N5O2. The summed E-state index contributed by atoms with van der Waals surface area (Å²) < 4.78 is 10.1. The fourth-order valence-corrected chi connectivity index (χ4v) is 3.34. The summed E-state index contributed by atoms with van der Waals surface area (Å²) in [6.07, 6.45) is 8.08. The maximum Gasteiger partial charge on any atom is 0.220 e. The Morgan fingerprint density at radius 3 is 2.74 bits per heavy atom. The van der Waals surface area contributed by atoms with Crippen molar-refractivity contribution < 1.29 is 9.53 Å². The monoisotopic (exact) mass is 367 g/mol. The van der Waals surface area contributed by atoms with E-state index in [-0.39, 0.29) is 23.5 Å². The van der Waals surface area contributed by atoms with Crippen LogP contribution in [0.4, 0.5) is 0 Å². The molecule has 0 radical (unpaired) electrons. The van der Waals surface area contributed by atoms with Crippen molar-refractivity contribution in [2.45, 2.75) is 45.8 Å². The summed E-state index contributed by atoms with van der Waals surface area (Å²) in [6.45, 7) is 9.03. The Balaban J connectivity index is 1.67. The van der Waals surface area contributed by atoms with Crippen LogP contribution < -0.4 is 10.1 Å². The molecule has 0 aromatic carbocycles. The summed E-state index contributed by atoms with van der Waals surface area (Å²) in [7, 11) is 0. The zero-order chi connectivity index (χ0) is 19.2. The number of carbonyl (C=O) groups is 1. The van der Waals surface area contributed by atoms with Crippen LogP contribution in [0.5, 0.6) is 5.75 Å². The minimum absolute atomic E-state index is 0.0739. The summed E-state index contributed by atoms with van der Waals surface area (Å²) in [6, 6.07) is 3.96. The Bertz CT molecular complexity index is 982. The summed E-state index contributed by atoms with van der Waals surface area (Å²) in [4.78, 5) is 11.5. The highest BCUT2D eigenvalue weighted by Crippen LogP contribution is 2.30. The summed E-state index contributed by atoms with van der Waals surface area (Å²) in [5.74, 6) is 1.03. The summed E-state index contributed by atoms with van der Waals surface area (Å²) in [5.41, 5.74) is 2.83. The van der Waals surface area contributed by atoms with Crippen LogP contribution in [-0.2, 0) is 10.3 Å². The molecule has 1 saturated heterocycles. The zero-order valence-electron chi connectivity index (χ0n) is 16.1. The molecule has 3 aromatic rings. The second kappa shape index (κ2) is 6.40. The number of hydrogen-bond acceptors (Lipinski definition) is 4. The van der Waals surface area contributed by atoms with E-state index in [1.54, 1.807) is 6.20 Å². The van der Waals surface area contributed by atoms with Gasteiger partial charge in [-0.25, -0.2) is 4.52 Å². The third-order valence-corrected chi connectivity index (χ3v) is 5.06. The van der Waals surface area contributed by atoms with Crippen LogP contribution in [0.2, 0.25) is 0 Å². The molecule has 1 amide bonds. The molecule has 4 heterocycles. The number of fused-ring (bicyclic) bond motifs is 1. The molecule has 0 spiro atoms. The highest BCUT2D eigenvalue weighted by Gasteiger charge is 2.28. The third-order valence-electron chi connectivity index (χ3n) is 5.06. The quantitative estimate of drug-likeness (QED) is 0.770. The van der Waals surface area contributed by atoms with Gasteiger partial charge in [0.15, 0.2) is 0 Å². The molecule has 4 rings (SSSR count). The van der Waals surface area contributed by atoms with Crippen molar-refractivity contribution in [3.05, 3.63) is 36.9 Å². The van der Waals surface area contributed by atoms with Gasteiger partial charge in [0.1, 0.15) is 17.4 Å². The smallest absolute Gasteiger partial charge is 0.220 e. The topological polar surface area (TPSA) is 73.5 Å². The van der Waals surface area contributed by atoms with Crippen molar-refractivity contribution in [1.29, 1.82) is 0 Å². The minimum Gasteiger partial charge on any atom is -0.488 e. The Hall–Kier alpha value is -2.83. The van der Waals surface area contributed by atoms with Gasteiger partial charge >= 0.3 is 0 Å². The van der Waals surface area contributed by atoms with Gasteiger partial charge in [-0.1, -0.05) is 0 Å². The molecule has 2 unspecified atom stereocenters. The van der Waals surface area contributed by atoms with Gasteiger partial charge in [0, 0.05) is 42.4 Å². The lowest BCUT2D eigenvalue weighted by Gasteiger charge is -2.20.